The van der Waals surface area contributed by atoms with Crippen LogP contribution in [0, 0.1) is 0 Å². The van der Waals surface area contributed by atoms with Crippen molar-refractivity contribution < 1.29 is 38.3 Å². The number of ether oxygens (including phenoxy) is 2. The van der Waals surface area contributed by atoms with Crippen LogP contribution in [0.25, 0.3) is 0 Å². The quantitative estimate of drug-likeness (QED) is 0.414. The third kappa shape index (κ3) is 5.22. The molecule has 0 spiro atoms. The van der Waals surface area contributed by atoms with Gasteiger partial charge in [0.15, 0.2) is 0 Å². The Morgan fingerprint density at radius 3 is 1.72 bits per heavy atom. The maximum absolute atomic E-state index is 11.5. The predicted molar refractivity (Wildman–Crippen MR) is 76.4 cm³/mol. The molecule has 0 aromatic rings. The van der Waals surface area contributed by atoms with Crippen LogP contribution in [0.2, 0.25) is 0 Å². The summed E-state index contributed by atoms with van der Waals surface area (Å²) < 4.78 is 9.21. The van der Waals surface area contributed by atoms with E-state index in [1.807, 2.05) is 0 Å². The Hall–Kier alpha value is -3.58. The van der Waals surface area contributed by atoms with Crippen molar-refractivity contribution in [2.45, 2.75) is 0 Å². The number of oxime groups is 2. The summed E-state index contributed by atoms with van der Waals surface area (Å²) in [7, 11) is 3.00. The molecule has 14 heteroatoms. The summed E-state index contributed by atoms with van der Waals surface area (Å²) in [5.41, 5.74) is 0. The van der Waals surface area contributed by atoms with Crippen molar-refractivity contribution in [1.82, 2.24) is 20.4 Å². The lowest BCUT2D eigenvalue weighted by Crippen LogP contribution is -2.48. The van der Waals surface area contributed by atoms with Gasteiger partial charge in [0.25, 0.3) is 0 Å². The highest BCUT2D eigenvalue weighted by molar-refractivity contribution is 5.97. The second kappa shape index (κ2) is 7.80. The molecule has 0 radical (unpaired) electrons. The van der Waals surface area contributed by atoms with Gasteiger partial charge in [0.05, 0.1) is 0 Å². The number of nitrogens with one attached hydrogen (secondary N) is 2. The van der Waals surface area contributed by atoms with Crippen molar-refractivity contribution in [3.05, 3.63) is 0 Å². The van der Waals surface area contributed by atoms with E-state index >= 15 is 0 Å². The molecule has 2 rings (SSSR count). The molecule has 0 aliphatic carbocycles. The van der Waals surface area contributed by atoms with Crippen LogP contribution in [0.5, 0.6) is 0 Å². The Labute approximate surface area is 140 Å². The van der Waals surface area contributed by atoms with Gasteiger partial charge in [0, 0.05) is 14.1 Å². The van der Waals surface area contributed by atoms with Gasteiger partial charge in [-0.2, -0.15) is 0 Å². The van der Waals surface area contributed by atoms with Crippen molar-refractivity contribution in [3.8, 4) is 0 Å². The first-order valence-corrected chi connectivity index (χ1v) is 6.70. The van der Waals surface area contributed by atoms with Gasteiger partial charge in [-0.1, -0.05) is 0 Å². The van der Waals surface area contributed by atoms with Crippen LogP contribution in [0.4, 0.5) is 9.59 Å². The molecule has 2 amide bonds. The summed E-state index contributed by atoms with van der Waals surface area (Å²) in [6.45, 7) is -0.915. The zero-order chi connectivity index (χ0) is 18.4. The predicted octanol–water partition coefficient (Wildman–Crippen LogP) is -2.08. The van der Waals surface area contributed by atoms with Gasteiger partial charge < -0.3 is 28.9 Å². The van der Waals surface area contributed by atoms with Crippen molar-refractivity contribution in [3.63, 3.8) is 0 Å². The molecule has 0 fully saturated rings. The number of rotatable bonds is 2. The number of alkyl carbamates (subject to hydrolysis) is 2. The lowest BCUT2D eigenvalue weighted by molar-refractivity contribution is -0.146. The smallest absolute Gasteiger partial charge is 0.411 e. The van der Waals surface area contributed by atoms with Crippen LogP contribution in [0.3, 0.4) is 0 Å². The number of guanidine groups is 2. The first-order chi connectivity index (χ1) is 11.8. The minimum atomic E-state index is -0.989. The zero-order valence-electron chi connectivity index (χ0n) is 13.2. The second-order valence-corrected chi connectivity index (χ2v) is 4.70. The molecule has 2 aliphatic rings. The maximum Gasteiger partial charge on any atom is 0.416 e. The highest BCUT2D eigenvalue weighted by Crippen LogP contribution is 1.98. The van der Waals surface area contributed by atoms with Crippen LogP contribution in [-0.2, 0) is 28.7 Å². The Balaban J connectivity index is 1.69. The number of hydrogen-bond acceptors (Lipinski definition) is 12. The lowest BCUT2D eigenvalue weighted by Gasteiger charge is -2.22. The second-order valence-electron chi connectivity index (χ2n) is 4.70. The number of amides is 2. The number of hydrogen-bond donors (Lipinski definition) is 2. The summed E-state index contributed by atoms with van der Waals surface area (Å²) in [5, 5.41) is 11.1. The molecule has 25 heavy (non-hydrogen) atoms. The van der Waals surface area contributed by atoms with Gasteiger partial charge in [0.2, 0.25) is 18.7 Å². The SMILES string of the molecule is CN1CC(=O)ON=C1NC(=O)OCOC(=O)NC1=NOC(=O)CN1C. The van der Waals surface area contributed by atoms with E-state index in [4.69, 9.17) is 0 Å². The molecule has 2 N–H and O–H groups in total. The fraction of sp³-hybridized carbons (Fsp3) is 0.455. The molecule has 0 saturated carbocycles. The Bertz CT molecular complexity index is 592. The van der Waals surface area contributed by atoms with E-state index in [0.29, 0.717) is 0 Å². The fourth-order valence-corrected chi connectivity index (χ4v) is 1.55. The van der Waals surface area contributed by atoms with Crippen LogP contribution in [0.1, 0.15) is 0 Å². The minimum absolute atomic E-state index is 0.0472. The molecular formula is C11H14N6O8. The number of carbonyl (C=O) groups excluding carboxylic acids is 4. The first-order valence-electron chi connectivity index (χ1n) is 6.70. The van der Waals surface area contributed by atoms with Gasteiger partial charge in [-0.05, 0) is 10.3 Å². The van der Waals surface area contributed by atoms with E-state index in [9.17, 15) is 19.2 Å². The standard InChI is InChI=1S/C11H14N6O8/c1-16-3-6(18)24-14-8(16)12-10(20)22-5-23-11(21)13-9-15-25-7(19)4-17(9)2/h3-5H2,1-2H3,(H,12,14,20)(H,13,15,21). The van der Waals surface area contributed by atoms with E-state index in [1.54, 1.807) is 0 Å². The van der Waals surface area contributed by atoms with E-state index < -0.39 is 30.9 Å². The fourth-order valence-electron chi connectivity index (χ4n) is 1.55. The maximum atomic E-state index is 11.5. The third-order valence-electron chi connectivity index (χ3n) is 2.73. The average Bonchev–Trinajstić information content (AvgIpc) is 2.53. The molecule has 2 heterocycles. The van der Waals surface area contributed by atoms with Gasteiger partial charge in [-0.15, -0.1) is 0 Å². The normalized spacial score (nSPS) is 16.9. The molecule has 2 aliphatic heterocycles. The van der Waals surface area contributed by atoms with Crippen LogP contribution >= 0.6 is 0 Å². The van der Waals surface area contributed by atoms with Crippen molar-refractivity contribution in [2.24, 2.45) is 10.3 Å². The molecular weight excluding hydrogens is 344 g/mol. The van der Waals surface area contributed by atoms with Crippen molar-refractivity contribution in [1.29, 1.82) is 0 Å². The van der Waals surface area contributed by atoms with Gasteiger partial charge in [-0.3, -0.25) is 10.6 Å². The summed E-state index contributed by atoms with van der Waals surface area (Å²) in [5.74, 6) is -1.26. The van der Waals surface area contributed by atoms with E-state index in [1.165, 1.54) is 23.9 Å². The molecule has 136 valence electrons. The molecule has 0 aromatic carbocycles. The topological polar surface area (TPSA) is 160 Å². The van der Waals surface area contributed by atoms with E-state index in [-0.39, 0.29) is 25.0 Å². The molecule has 14 nitrogen and oxygen atoms in total. The molecule has 0 atom stereocenters. The van der Waals surface area contributed by atoms with Gasteiger partial charge >= 0.3 is 24.1 Å². The van der Waals surface area contributed by atoms with E-state index in [0.717, 1.165) is 0 Å². The van der Waals surface area contributed by atoms with E-state index in [2.05, 4.69) is 40.1 Å². The lowest BCUT2D eigenvalue weighted by atomic mass is 10.5. The summed E-state index contributed by atoms with van der Waals surface area (Å²) in [6.07, 6.45) is -1.98. The first kappa shape index (κ1) is 17.8. The summed E-state index contributed by atoms with van der Waals surface area (Å²) in [6, 6.07) is 0. The highest BCUT2D eigenvalue weighted by atomic mass is 16.7. The summed E-state index contributed by atoms with van der Waals surface area (Å²) >= 11 is 0. The van der Waals surface area contributed by atoms with Crippen molar-refractivity contribution >= 4 is 36.0 Å². The van der Waals surface area contributed by atoms with Gasteiger partial charge in [0.1, 0.15) is 13.1 Å². The van der Waals surface area contributed by atoms with Crippen LogP contribution in [-0.4, -0.2) is 79.8 Å². The number of carbonyl (C=O) groups is 4. The molecule has 0 saturated heterocycles. The number of likely N-dealkylation sites (N-methyl/N-ethyl adjacent to an activating group) is 2. The Kier molecular flexibility index (Phi) is 5.54. The Morgan fingerprint density at radius 2 is 1.36 bits per heavy atom. The largest absolute Gasteiger partial charge is 0.416 e. The Morgan fingerprint density at radius 1 is 0.960 bits per heavy atom. The highest BCUT2D eigenvalue weighted by Gasteiger charge is 2.23. The third-order valence-corrected chi connectivity index (χ3v) is 2.73. The monoisotopic (exact) mass is 358 g/mol. The van der Waals surface area contributed by atoms with Crippen LogP contribution < -0.4 is 10.6 Å². The molecule has 0 aromatic heterocycles. The number of nitrogens with zero attached hydrogens (tertiary/aromatic N) is 4. The zero-order valence-corrected chi connectivity index (χ0v) is 13.2. The van der Waals surface area contributed by atoms with Gasteiger partial charge in [-0.25, -0.2) is 19.2 Å². The molecule has 0 bridgehead atoms. The van der Waals surface area contributed by atoms with Crippen LogP contribution in [0.15, 0.2) is 10.3 Å². The molecule has 0 unspecified atom stereocenters. The average molecular weight is 358 g/mol. The summed E-state index contributed by atoms with van der Waals surface area (Å²) in [4.78, 5) is 56.3. The minimum Gasteiger partial charge on any atom is -0.411 e. The van der Waals surface area contributed by atoms with Crippen molar-refractivity contribution in [2.75, 3.05) is 34.0 Å².